The van der Waals surface area contributed by atoms with Crippen molar-refractivity contribution >= 4 is 17.7 Å². The SMILES string of the molecule is COC(=O)c1ccc(C(C)Sc2ccccc2)cc1. The molecular weight excluding hydrogens is 256 g/mol. The quantitative estimate of drug-likeness (QED) is 0.612. The van der Waals surface area contributed by atoms with Crippen molar-refractivity contribution in [1.82, 2.24) is 0 Å². The molecule has 0 aliphatic heterocycles. The molecule has 0 heterocycles. The van der Waals surface area contributed by atoms with Crippen LogP contribution < -0.4 is 0 Å². The zero-order valence-electron chi connectivity index (χ0n) is 11.0. The Morgan fingerprint density at radius 1 is 1.05 bits per heavy atom. The lowest BCUT2D eigenvalue weighted by molar-refractivity contribution is 0.0600. The summed E-state index contributed by atoms with van der Waals surface area (Å²) in [6.45, 7) is 2.16. The van der Waals surface area contributed by atoms with Gasteiger partial charge in [-0.2, -0.15) is 0 Å². The topological polar surface area (TPSA) is 26.3 Å². The molecule has 2 aromatic rings. The second kappa shape index (κ2) is 6.43. The molecule has 0 radical (unpaired) electrons. The molecule has 0 spiro atoms. The molecule has 0 saturated heterocycles. The van der Waals surface area contributed by atoms with E-state index in [1.807, 2.05) is 42.5 Å². The van der Waals surface area contributed by atoms with Gasteiger partial charge in [-0.15, -0.1) is 11.8 Å². The van der Waals surface area contributed by atoms with Crippen LogP contribution in [-0.2, 0) is 4.74 Å². The molecule has 19 heavy (non-hydrogen) atoms. The fraction of sp³-hybridized carbons (Fsp3) is 0.188. The predicted molar refractivity (Wildman–Crippen MR) is 78.5 cm³/mol. The van der Waals surface area contributed by atoms with Gasteiger partial charge >= 0.3 is 5.97 Å². The summed E-state index contributed by atoms with van der Waals surface area (Å²) >= 11 is 1.80. The van der Waals surface area contributed by atoms with Crippen LogP contribution >= 0.6 is 11.8 Å². The summed E-state index contributed by atoms with van der Waals surface area (Å²) in [5.74, 6) is -0.296. The Hall–Kier alpha value is -1.74. The molecule has 0 aromatic heterocycles. The van der Waals surface area contributed by atoms with Gasteiger partial charge in [-0.1, -0.05) is 30.3 Å². The van der Waals surface area contributed by atoms with E-state index >= 15 is 0 Å². The van der Waals surface area contributed by atoms with Crippen LogP contribution in [0.2, 0.25) is 0 Å². The zero-order chi connectivity index (χ0) is 13.7. The van der Waals surface area contributed by atoms with Gasteiger partial charge in [-0.3, -0.25) is 0 Å². The minimum Gasteiger partial charge on any atom is -0.465 e. The molecule has 1 unspecified atom stereocenters. The molecule has 0 aliphatic rings. The third kappa shape index (κ3) is 3.61. The van der Waals surface area contributed by atoms with E-state index in [9.17, 15) is 4.79 Å². The average molecular weight is 272 g/mol. The van der Waals surface area contributed by atoms with E-state index in [1.54, 1.807) is 11.8 Å². The number of carbonyl (C=O) groups is 1. The number of rotatable bonds is 4. The van der Waals surface area contributed by atoms with Gasteiger partial charge in [-0.05, 0) is 36.8 Å². The number of methoxy groups -OCH3 is 1. The molecule has 3 heteroatoms. The third-order valence-electron chi connectivity index (χ3n) is 2.86. The van der Waals surface area contributed by atoms with Crippen LogP contribution in [0, 0.1) is 0 Å². The predicted octanol–water partition coefficient (Wildman–Crippen LogP) is 4.33. The zero-order valence-corrected chi connectivity index (χ0v) is 11.8. The summed E-state index contributed by atoms with van der Waals surface area (Å²) in [5, 5.41) is 0.342. The number of benzene rings is 2. The van der Waals surface area contributed by atoms with Crippen molar-refractivity contribution in [2.24, 2.45) is 0 Å². The first-order valence-electron chi connectivity index (χ1n) is 6.10. The van der Waals surface area contributed by atoms with E-state index in [4.69, 9.17) is 0 Å². The van der Waals surface area contributed by atoms with Gasteiger partial charge in [0.1, 0.15) is 0 Å². The number of thioether (sulfide) groups is 1. The van der Waals surface area contributed by atoms with Crippen LogP contribution in [0.4, 0.5) is 0 Å². The third-order valence-corrected chi connectivity index (χ3v) is 4.03. The molecule has 0 aliphatic carbocycles. The minimum absolute atomic E-state index is 0.296. The lowest BCUT2D eigenvalue weighted by Gasteiger charge is -2.12. The van der Waals surface area contributed by atoms with Gasteiger partial charge in [-0.25, -0.2) is 4.79 Å². The summed E-state index contributed by atoms with van der Waals surface area (Å²) in [4.78, 5) is 12.6. The first-order chi connectivity index (χ1) is 9.20. The highest BCUT2D eigenvalue weighted by molar-refractivity contribution is 7.99. The summed E-state index contributed by atoms with van der Waals surface area (Å²) < 4.78 is 4.69. The number of ether oxygens (including phenoxy) is 1. The second-order valence-electron chi connectivity index (χ2n) is 4.19. The first kappa shape index (κ1) is 13.7. The van der Waals surface area contributed by atoms with E-state index in [0.717, 1.165) is 0 Å². The molecule has 0 N–H and O–H groups in total. The molecule has 0 bridgehead atoms. The van der Waals surface area contributed by atoms with Crippen molar-refractivity contribution in [3.8, 4) is 0 Å². The Balaban J connectivity index is 2.07. The second-order valence-corrected chi connectivity index (χ2v) is 5.60. The molecular formula is C16H16O2S. The number of hydrogen-bond acceptors (Lipinski definition) is 3. The van der Waals surface area contributed by atoms with Crippen LogP contribution in [0.25, 0.3) is 0 Å². The fourth-order valence-corrected chi connectivity index (χ4v) is 2.80. The summed E-state index contributed by atoms with van der Waals surface area (Å²) in [7, 11) is 1.39. The molecule has 0 fully saturated rings. The van der Waals surface area contributed by atoms with E-state index < -0.39 is 0 Å². The normalized spacial score (nSPS) is 11.9. The Bertz CT molecular complexity index is 534. The fourth-order valence-electron chi connectivity index (χ4n) is 1.78. The van der Waals surface area contributed by atoms with Crippen LogP contribution in [0.5, 0.6) is 0 Å². The van der Waals surface area contributed by atoms with Crippen molar-refractivity contribution in [2.45, 2.75) is 17.1 Å². The van der Waals surface area contributed by atoms with E-state index in [-0.39, 0.29) is 5.97 Å². The largest absolute Gasteiger partial charge is 0.465 e. The van der Waals surface area contributed by atoms with Crippen molar-refractivity contribution in [3.63, 3.8) is 0 Å². The Kier molecular flexibility index (Phi) is 4.63. The minimum atomic E-state index is -0.296. The van der Waals surface area contributed by atoms with Crippen molar-refractivity contribution in [3.05, 3.63) is 65.7 Å². The Labute approximate surface area is 117 Å². The van der Waals surface area contributed by atoms with Crippen molar-refractivity contribution in [1.29, 1.82) is 0 Å². The summed E-state index contributed by atoms with van der Waals surface area (Å²) in [6, 6.07) is 17.9. The summed E-state index contributed by atoms with van der Waals surface area (Å²) in [6.07, 6.45) is 0. The van der Waals surface area contributed by atoms with Crippen LogP contribution in [0.15, 0.2) is 59.5 Å². The van der Waals surface area contributed by atoms with Crippen molar-refractivity contribution < 1.29 is 9.53 Å². The van der Waals surface area contributed by atoms with E-state index in [0.29, 0.717) is 10.8 Å². The molecule has 98 valence electrons. The molecule has 1 atom stereocenters. The van der Waals surface area contributed by atoms with Gasteiger partial charge in [0, 0.05) is 10.1 Å². The lowest BCUT2D eigenvalue weighted by atomic mass is 10.1. The van der Waals surface area contributed by atoms with E-state index in [2.05, 4.69) is 23.8 Å². The number of hydrogen-bond donors (Lipinski definition) is 0. The van der Waals surface area contributed by atoms with Crippen LogP contribution in [0.3, 0.4) is 0 Å². The van der Waals surface area contributed by atoms with Crippen LogP contribution in [-0.4, -0.2) is 13.1 Å². The first-order valence-corrected chi connectivity index (χ1v) is 6.98. The molecule has 0 amide bonds. The highest BCUT2D eigenvalue weighted by atomic mass is 32.2. The highest BCUT2D eigenvalue weighted by Crippen LogP contribution is 2.34. The van der Waals surface area contributed by atoms with Gasteiger partial charge in [0.2, 0.25) is 0 Å². The maximum Gasteiger partial charge on any atom is 0.337 e. The molecule has 0 saturated carbocycles. The molecule has 2 aromatic carbocycles. The average Bonchev–Trinajstić information content (AvgIpc) is 2.47. The smallest absolute Gasteiger partial charge is 0.337 e. The lowest BCUT2D eigenvalue weighted by Crippen LogP contribution is -2.01. The monoisotopic (exact) mass is 272 g/mol. The van der Waals surface area contributed by atoms with E-state index in [1.165, 1.54) is 17.6 Å². The standard InChI is InChI=1S/C16H16O2S/c1-12(19-15-6-4-3-5-7-15)13-8-10-14(11-9-13)16(17)18-2/h3-12H,1-2H3. The Morgan fingerprint density at radius 2 is 1.68 bits per heavy atom. The van der Waals surface area contributed by atoms with Gasteiger partial charge in [0.05, 0.1) is 12.7 Å². The Morgan fingerprint density at radius 3 is 2.26 bits per heavy atom. The highest BCUT2D eigenvalue weighted by Gasteiger charge is 2.09. The molecule has 2 rings (SSSR count). The number of esters is 1. The maximum atomic E-state index is 11.4. The van der Waals surface area contributed by atoms with Gasteiger partial charge in [0.15, 0.2) is 0 Å². The van der Waals surface area contributed by atoms with Gasteiger partial charge < -0.3 is 4.74 Å². The van der Waals surface area contributed by atoms with Crippen LogP contribution in [0.1, 0.15) is 28.1 Å². The molecule has 2 nitrogen and oxygen atoms in total. The summed E-state index contributed by atoms with van der Waals surface area (Å²) in [5.41, 5.74) is 1.78. The van der Waals surface area contributed by atoms with Gasteiger partial charge in [0.25, 0.3) is 0 Å². The number of carbonyl (C=O) groups excluding carboxylic acids is 1. The maximum absolute atomic E-state index is 11.4. The van der Waals surface area contributed by atoms with Crippen molar-refractivity contribution in [2.75, 3.05) is 7.11 Å².